The van der Waals surface area contributed by atoms with Crippen LogP contribution in [0.25, 0.3) is 17.4 Å². The fraction of sp³-hybridized carbons (Fsp3) is 0. The molecule has 0 saturated carbocycles. The number of furan rings is 1. The van der Waals surface area contributed by atoms with Crippen molar-refractivity contribution >= 4 is 29.1 Å². The average molecular weight is 354 g/mol. The van der Waals surface area contributed by atoms with Crippen LogP contribution in [0.15, 0.2) is 71.2 Å². The third-order valence-electron chi connectivity index (χ3n) is 3.53. The van der Waals surface area contributed by atoms with Crippen LogP contribution in [0, 0.1) is 10.1 Å². The number of rotatable bonds is 5. The van der Waals surface area contributed by atoms with Crippen LogP contribution in [0.5, 0.6) is 0 Å². The highest BCUT2D eigenvalue weighted by atomic mass is 35.5. The molecular weight excluding hydrogens is 342 g/mol. The highest BCUT2D eigenvalue weighted by Crippen LogP contribution is 2.25. The Hall–Kier alpha value is -3.18. The van der Waals surface area contributed by atoms with Gasteiger partial charge in [0.05, 0.1) is 9.95 Å². The van der Waals surface area contributed by atoms with Gasteiger partial charge in [-0.25, -0.2) is 0 Å². The van der Waals surface area contributed by atoms with E-state index in [2.05, 4.69) is 0 Å². The van der Waals surface area contributed by atoms with Gasteiger partial charge in [0, 0.05) is 23.3 Å². The van der Waals surface area contributed by atoms with Crippen molar-refractivity contribution in [3.63, 3.8) is 0 Å². The molecule has 0 fully saturated rings. The number of ketones is 1. The summed E-state index contributed by atoms with van der Waals surface area (Å²) in [7, 11) is 0. The Morgan fingerprint density at radius 3 is 2.44 bits per heavy atom. The molecule has 25 heavy (non-hydrogen) atoms. The van der Waals surface area contributed by atoms with Gasteiger partial charge >= 0.3 is 0 Å². The maximum Gasteiger partial charge on any atom is 0.269 e. The van der Waals surface area contributed by atoms with Crippen molar-refractivity contribution in [3.8, 4) is 11.3 Å². The quantitative estimate of drug-likeness (QED) is 0.266. The van der Waals surface area contributed by atoms with Crippen molar-refractivity contribution in [1.82, 2.24) is 0 Å². The van der Waals surface area contributed by atoms with Gasteiger partial charge in [0.25, 0.3) is 5.69 Å². The van der Waals surface area contributed by atoms with Crippen LogP contribution in [-0.4, -0.2) is 10.7 Å². The Morgan fingerprint density at radius 2 is 1.76 bits per heavy atom. The number of hydrogen-bond donors (Lipinski definition) is 0. The molecule has 0 unspecified atom stereocenters. The number of carbonyl (C=O) groups excluding carboxylic acids is 1. The van der Waals surface area contributed by atoms with Crippen molar-refractivity contribution in [1.29, 1.82) is 0 Å². The number of benzene rings is 2. The van der Waals surface area contributed by atoms with Gasteiger partial charge in [0.1, 0.15) is 11.5 Å². The first kappa shape index (κ1) is 16.7. The largest absolute Gasteiger partial charge is 0.457 e. The number of nitrogens with zero attached hydrogens (tertiary/aromatic N) is 1. The third-order valence-corrected chi connectivity index (χ3v) is 3.86. The number of hydrogen-bond acceptors (Lipinski definition) is 4. The van der Waals surface area contributed by atoms with E-state index in [-0.39, 0.29) is 11.5 Å². The van der Waals surface area contributed by atoms with Gasteiger partial charge in [-0.15, -0.1) is 0 Å². The van der Waals surface area contributed by atoms with Crippen LogP contribution < -0.4 is 0 Å². The Bertz CT molecular complexity index is 958. The minimum Gasteiger partial charge on any atom is -0.457 e. The number of nitro groups is 1. The molecule has 0 bridgehead atoms. The van der Waals surface area contributed by atoms with E-state index >= 15 is 0 Å². The number of carbonyl (C=O) groups is 1. The maximum atomic E-state index is 12.1. The summed E-state index contributed by atoms with van der Waals surface area (Å²) in [4.78, 5) is 22.4. The second-order valence-electron chi connectivity index (χ2n) is 5.18. The molecule has 0 N–H and O–H groups in total. The van der Waals surface area contributed by atoms with Crippen LogP contribution in [-0.2, 0) is 0 Å². The van der Waals surface area contributed by atoms with Crippen LogP contribution in [0.3, 0.4) is 0 Å². The van der Waals surface area contributed by atoms with Gasteiger partial charge in [0.2, 0.25) is 0 Å². The fourth-order valence-electron chi connectivity index (χ4n) is 2.25. The summed E-state index contributed by atoms with van der Waals surface area (Å²) in [6, 6.07) is 16.3. The summed E-state index contributed by atoms with van der Waals surface area (Å²) in [6.45, 7) is 0. The van der Waals surface area contributed by atoms with Gasteiger partial charge in [-0.1, -0.05) is 23.7 Å². The molecule has 3 rings (SSSR count). The molecule has 3 aromatic rings. The van der Waals surface area contributed by atoms with E-state index in [1.54, 1.807) is 54.6 Å². The lowest BCUT2D eigenvalue weighted by molar-refractivity contribution is -0.384. The molecule has 0 aliphatic heterocycles. The second kappa shape index (κ2) is 7.15. The van der Waals surface area contributed by atoms with E-state index in [4.69, 9.17) is 16.0 Å². The molecule has 1 aromatic heterocycles. The minimum absolute atomic E-state index is 0.0146. The smallest absolute Gasteiger partial charge is 0.269 e. The zero-order chi connectivity index (χ0) is 17.8. The van der Waals surface area contributed by atoms with Gasteiger partial charge in [-0.3, -0.25) is 14.9 Å². The minimum atomic E-state index is -0.458. The summed E-state index contributed by atoms with van der Waals surface area (Å²) in [5.41, 5.74) is 1.14. The normalized spacial score (nSPS) is 10.9. The summed E-state index contributed by atoms with van der Waals surface area (Å²) >= 11 is 5.99. The van der Waals surface area contributed by atoms with Crippen LogP contribution in [0.2, 0.25) is 5.02 Å². The first-order valence-electron chi connectivity index (χ1n) is 7.36. The lowest BCUT2D eigenvalue weighted by atomic mass is 10.1. The van der Waals surface area contributed by atoms with Crippen molar-refractivity contribution in [2.75, 3.05) is 0 Å². The van der Waals surface area contributed by atoms with Crippen LogP contribution in [0.4, 0.5) is 5.69 Å². The van der Waals surface area contributed by atoms with Gasteiger partial charge in [-0.05, 0) is 48.6 Å². The number of halogens is 1. The molecule has 5 nitrogen and oxygen atoms in total. The predicted molar refractivity (Wildman–Crippen MR) is 95.6 cm³/mol. The molecule has 6 heteroatoms. The molecule has 0 aliphatic rings. The van der Waals surface area contributed by atoms with E-state index in [9.17, 15) is 14.9 Å². The Labute approximate surface area is 148 Å². The first-order valence-corrected chi connectivity index (χ1v) is 7.74. The van der Waals surface area contributed by atoms with Crippen LogP contribution >= 0.6 is 11.6 Å². The average Bonchev–Trinajstić information content (AvgIpc) is 3.09. The van der Waals surface area contributed by atoms with Gasteiger partial charge in [0.15, 0.2) is 5.78 Å². The molecule has 0 atom stereocenters. The molecule has 124 valence electrons. The summed E-state index contributed by atoms with van der Waals surface area (Å²) in [5, 5.41) is 11.1. The fourth-order valence-corrected chi connectivity index (χ4v) is 2.48. The molecule has 0 saturated heterocycles. The van der Waals surface area contributed by atoms with E-state index in [0.717, 1.165) is 0 Å². The molecule has 0 radical (unpaired) electrons. The molecule has 0 aliphatic carbocycles. The highest BCUT2D eigenvalue weighted by Gasteiger charge is 2.09. The number of allylic oxidation sites excluding steroid dienone is 1. The SMILES string of the molecule is O=C(/C=C/c1ccc(-c2ccc([N+](=O)[O-])cc2)o1)c1ccccc1Cl. The maximum absolute atomic E-state index is 12.1. The van der Waals surface area contributed by atoms with E-state index in [1.807, 2.05) is 0 Å². The van der Waals surface area contributed by atoms with E-state index in [0.29, 0.717) is 27.7 Å². The summed E-state index contributed by atoms with van der Waals surface area (Å²) < 4.78 is 5.64. The Balaban J connectivity index is 1.76. The van der Waals surface area contributed by atoms with E-state index in [1.165, 1.54) is 18.2 Å². The monoisotopic (exact) mass is 353 g/mol. The molecule has 2 aromatic carbocycles. The third kappa shape index (κ3) is 3.84. The standard InChI is InChI=1S/C19H12ClNO4/c20-17-4-2-1-3-16(17)18(22)11-9-15-10-12-19(25-15)13-5-7-14(8-6-13)21(23)24/h1-12H/b11-9+. The van der Waals surface area contributed by atoms with Crippen molar-refractivity contribution in [2.45, 2.75) is 0 Å². The molecule has 1 heterocycles. The number of nitro benzene ring substituents is 1. The van der Waals surface area contributed by atoms with Crippen molar-refractivity contribution in [2.24, 2.45) is 0 Å². The van der Waals surface area contributed by atoms with E-state index < -0.39 is 4.92 Å². The lowest BCUT2D eigenvalue weighted by Crippen LogP contribution is -1.94. The highest BCUT2D eigenvalue weighted by molar-refractivity contribution is 6.34. The molecule has 0 amide bonds. The lowest BCUT2D eigenvalue weighted by Gasteiger charge is -1.98. The summed E-state index contributed by atoms with van der Waals surface area (Å²) in [6.07, 6.45) is 2.94. The molecular formula is C19H12ClNO4. The molecule has 0 spiro atoms. The van der Waals surface area contributed by atoms with Crippen molar-refractivity contribution in [3.05, 3.63) is 93.2 Å². The number of non-ortho nitro benzene ring substituents is 1. The zero-order valence-electron chi connectivity index (χ0n) is 12.9. The topological polar surface area (TPSA) is 73.3 Å². The van der Waals surface area contributed by atoms with Crippen LogP contribution in [0.1, 0.15) is 16.1 Å². The first-order chi connectivity index (χ1) is 12.0. The van der Waals surface area contributed by atoms with Gasteiger partial charge < -0.3 is 4.42 Å². The van der Waals surface area contributed by atoms with Crippen molar-refractivity contribution < 1.29 is 14.1 Å². The zero-order valence-corrected chi connectivity index (χ0v) is 13.6. The second-order valence-corrected chi connectivity index (χ2v) is 5.59. The predicted octanol–water partition coefficient (Wildman–Crippen LogP) is 5.40. The Kier molecular flexibility index (Phi) is 4.77. The van der Waals surface area contributed by atoms with Gasteiger partial charge in [-0.2, -0.15) is 0 Å². The Morgan fingerprint density at radius 1 is 1.04 bits per heavy atom. The summed E-state index contributed by atoms with van der Waals surface area (Å²) in [5.74, 6) is 0.826.